The van der Waals surface area contributed by atoms with Gasteiger partial charge in [-0.25, -0.2) is 0 Å². The summed E-state index contributed by atoms with van der Waals surface area (Å²) in [5.74, 6) is -0.223. The Balaban J connectivity index is 1.41. The number of halogens is 3. The van der Waals surface area contributed by atoms with Crippen molar-refractivity contribution in [2.75, 3.05) is 32.7 Å². The van der Waals surface area contributed by atoms with Crippen LogP contribution in [0.15, 0.2) is 24.3 Å². The molecule has 158 valence electrons. The van der Waals surface area contributed by atoms with Crippen LogP contribution < -0.4 is 10.8 Å². The van der Waals surface area contributed by atoms with Crippen LogP contribution in [0.5, 0.6) is 0 Å². The van der Waals surface area contributed by atoms with Gasteiger partial charge in [-0.05, 0) is 50.8 Å². The van der Waals surface area contributed by atoms with Crippen LogP contribution in [0.4, 0.5) is 13.2 Å². The molecule has 2 heterocycles. The molecule has 0 aliphatic carbocycles. The molecule has 0 bridgehead atoms. The lowest BCUT2D eigenvalue weighted by atomic mass is 9.94. The minimum atomic E-state index is -4.35. The van der Waals surface area contributed by atoms with E-state index in [1.54, 1.807) is 6.07 Å². The van der Waals surface area contributed by atoms with E-state index in [1.165, 1.54) is 0 Å². The van der Waals surface area contributed by atoms with Crippen molar-refractivity contribution in [2.24, 2.45) is 5.92 Å². The second kappa shape index (κ2) is 9.20. The van der Waals surface area contributed by atoms with Gasteiger partial charge in [-0.1, -0.05) is 23.7 Å². The molecule has 5 nitrogen and oxygen atoms in total. The minimum absolute atomic E-state index is 0.00203. The largest absolute Gasteiger partial charge is 0.408 e. The van der Waals surface area contributed by atoms with Crippen molar-refractivity contribution in [2.45, 2.75) is 37.9 Å². The lowest BCUT2D eigenvalue weighted by Gasteiger charge is -2.34. The maximum Gasteiger partial charge on any atom is 0.408 e. The van der Waals surface area contributed by atoms with Gasteiger partial charge in [-0.15, -0.1) is 0 Å². The first-order valence-corrected chi connectivity index (χ1v) is 10.2. The summed E-state index contributed by atoms with van der Waals surface area (Å²) in [5, 5.41) is 2.96. The molecule has 1 atom stereocenters. The van der Waals surface area contributed by atoms with Crippen LogP contribution >= 0.6 is 0 Å². The Morgan fingerprint density at radius 1 is 1.14 bits per heavy atom. The van der Waals surface area contributed by atoms with Crippen LogP contribution in [0.25, 0.3) is 0 Å². The average Bonchev–Trinajstić information content (AvgIpc) is 3.18. The summed E-state index contributed by atoms with van der Waals surface area (Å²) >= 11 is 0. The Morgan fingerprint density at radius 2 is 1.86 bits per heavy atom. The Labute approximate surface area is 170 Å². The molecule has 0 unspecified atom stereocenters. The third kappa shape index (κ3) is 5.75. The molecule has 29 heavy (non-hydrogen) atoms. The molecule has 9 heteroatoms. The van der Waals surface area contributed by atoms with Gasteiger partial charge in [0, 0.05) is 18.7 Å². The number of likely N-dealkylation sites (tertiary alicyclic amines) is 2. The number of amides is 2. The summed E-state index contributed by atoms with van der Waals surface area (Å²) in [6.45, 7) is 2.10. The van der Waals surface area contributed by atoms with Crippen LogP contribution in [-0.4, -0.2) is 74.4 Å². The quantitative estimate of drug-likeness (QED) is 0.737. The zero-order valence-electron chi connectivity index (χ0n) is 16.7. The smallest absolute Gasteiger partial charge is 0.352 e. The molecule has 0 aromatic heterocycles. The zero-order chi connectivity index (χ0) is 21.0. The number of nitrogens with one attached hydrogen (secondary N) is 1. The molecular weight excluding hydrogens is 382 g/mol. The van der Waals surface area contributed by atoms with Gasteiger partial charge >= 0.3 is 6.18 Å². The molecule has 2 fully saturated rings. The Morgan fingerprint density at radius 3 is 2.52 bits per heavy atom. The zero-order valence-corrected chi connectivity index (χ0v) is 16.7. The van der Waals surface area contributed by atoms with E-state index in [0.29, 0.717) is 37.5 Å². The lowest BCUT2D eigenvalue weighted by Crippen LogP contribution is -2.49. The Hall–Kier alpha value is -2.03. The van der Waals surface area contributed by atoms with Crippen molar-refractivity contribution in [3.05, 3.63) is 29.8 Å². The van der Waals surface area contributed by atoms with E-state index in [1.807, 2.05) is 30.9 Å². The van der Waals surface area contributed by atoms with E-state index in [9.17, 15) is 22.8 Å². The molecule has 2 aliphatic heterocycles. The molecule has 0 saturated carbocycles. The Kier molecular flexibility index (Phi) is 6.87. The van der Waals surface area contributed by atoms with Crippen LogP contribution in [0.1, 0.15) is 36.0 Å². The van der Waals surface area contributed by atoms with E-state index in [-0.39, 0.29) is 25.4 Å². The van der Waals surface area contributed by atoms with Gasteiger partial charge in [-0.3, -0.25) is 14.5 Å². The first-order chi connectivity index (χ1) is 13.7. The fraction of sp³-hybridized carbons (Fsp3) is 0.600. The van der Waals surface area contributed by atoms with E-state index in [4.69, 9.17) is 0 Å². The van der Waals surface area contributed by atoms with E-state index < -0.39 is 18.1 Å². The maximum atomic E-state index is 13.1. The minimum Gasteiger partial charge on any atom is -0.352 e. The second-order valence-electron chi connectivity index (χ2n) is 8.09. The summed E-state index contributed by atoms with van der Waals surface area (Å²) in [6, 6.07) is 5.78. The van der Waals surface area contributed by atoms with Crippen LogP contribution in [0.2, 0.25) is 0 Å². The highest BCUT2D eigenvalue weighted by Gasteiger charge is 2.47. The van der Waals surface area contributed by atoms with E-state index in [2.05, 4.69) is 5.32 Å². The molecule has 2 saturated heterocycles. The van der Waals surface area contributed by atoms with E-state index in [0.717, 1.165) is 23.2 Å². The molecule has 0 spiro atoms. The topological polar surface area (TPSA) is 52.7 Å². The monoisotopic (exact) mass is 409 g/mol. The van der Waals surface area contributed by atoms with Crippen molar-refractivity contribution >= 4 is 25.1 Å². The molecule has 1 aromatic rings. The Bertz CT molecular complexity index is 736. The van der Waals surface area contributed by atoms with Gasteiger partial charge < -0.3 is 10.2 Å². The number of alkyl halides is 3. The summed E-state index contributed by atoms with van der Waals surface area (Å²) in [7, 11) is 1.94. The fourth-order valence-electron chi connectivity index (χ4n) is 4.16. The number of carbonyl (C=O) groups is 2. The predicted octanol–water partition coefficient (Wildman–Crippen LogP) is 0.940. The number of benzene rings is 1. The number of hydrogen-bond acceptors (Lipinski definition) is 3. The molecule has 1 aromatic carbocycles. The highest BCUT2D eigenvalue weighted by Crippen LogP contribution is 2.32. The molecule has 1 N–H and O–H groups in total. The summed E-state index contributed by atoms with van der Waals surface area (Å²) < 4.78 is 39.2. The highest BCUT2D eigenvalue weighted by molar-refractivity contribution is 6.32. The fourth-order valence-corrected chi connectivity index (χ4v) is 4.16. The van der Waals surface area contributed by atoms with Crippen molar-refractivity contribution in [3.8, 4) is 0 Å². The lowest BCUT2D eigenvalue weighted by molar-refractivity contribution is -0.183. The predicted molar refractivity (Wildman–Crippen MR) is 107 cm³/mol. The van der Waals surface area contributed by atoms with E-state index >= 15 is 0 Å². The van der Waals surface area contributed by atoms with Gasteiger partial charge in [-0.2, -0.15) is 13.2 Å². The maximum absolute atomic E-state index is 13.1. The van der Waals surface area contributed by atoms with Crippen LogP contribution in [-0.2, 0) is 4.79 Å². The summed E-state index contributed by atoms with van der Waals surface area (Å²) in [4.78, 5) is 27.5. The van der Waals surface area contributed by atoms with Gasteiger partial charge in [0.15, 0.2) is 0 Å². The molecule has 0 radical (unpaired) electrons. The number of piperidine rings is 1. The SMILES string of the molecule is Bc1cccc(C(=O)NCC2CCN(CC(=O)N3CCC[C@H]3C(F)(F)F)CC2)c1. The number of rotatable bonds is 5. The van der Waals surface area contributed by atoms with Crippen molar-refractivity contribution in [3.63, 3.8) is 0 Å². The highest BCUT2D eigenvalue weighted by atomic mass is 19.4. The van der Waals surface area contributed by atoms with Gasteiger partial charge in [0.05, 0.1) is 6.54 Å². The molecule has 3 rings (SSSR count). The van der Waals surface area contributed by atoms with Crippen molar-refractivity contribution in [1.82, 2.24) is 15.1 Å². The van der Waals surface area contributed by atoms with Gasteiger partial charge in [0.1, 0.15) is 13.9 Å². The van der Waals surface area contributed by atoms with Gasteiger partial charge in [0.2, 0.25) is 5.91 Å². The van der Waals surface area contributed by atoms with Crippen LogP contribution in [0.3, 0.4) is 0 Å². The molecule has 2 amide bonds. The number of carbonyl (C=O) groups excluding carboxylic acids is 2. The third-order valence-corrected chi connectivity index (χ3v) is 5.85. The first kappa shape index (κ1) is 21.7. The number of nitrogens with zero attached hydrogens (tertiary/aromatic N) is 2. The standard InChI is InChI=1S/C20H27BF3N3O2/c21-16-4-1-3-15(11-16)19(29)25-12-14-6-9-26(10-7-14)13-18(28)27-8-2-5-17(27)20(22,23)24/h1,3-4,11,14,17H,2,5-10,12-13,21H2,(H,25,29)/t17-/m0/s1. The molecular formula is C20H27BF3N3O2. The van der Waals surface area contributed by atoms with Crippen molar-refractivity contribution < 1.29 is 22.8 Å². The summed E-state index contributed by atoms with van der Waals surface area (Å²) in [6.07, 6.45) is -2.33. The normalized spacial score (nSPS) is 21.3. The number of hydrogen-bond donors (Lipinski definition) is 1. The molecule has 2 aliphatic rings. The summed E-state index contributed by atoms with van der Waals surface area (Å²) in [5.41, 5.74) is 1.67. The third-order valence-electron chi connectivity index (χ3n) is 5.85. The van der Waals surface area contributed by atoms with Gasteiger partial charge in [0.25, 0.3) is 5.91 Å². The van der Waals surface area contributed by atoms with Crippen LogP contribution in [0, 0.1) is 5.92 Å². The first-order valence-electron chi connectivity index (χ1n) is 10.2. The second-order valence-corrected chi connectivity index (χ2v) is 8.09. The average molecular weight is 409 g/mol. The van der Waals surface area contributed by atoms with Crippen molar-refractivity contribution in [1.29, 1.82) is 0 Å².